The van der Waals surface area contributed by atoms with Gasteiger partial charge in [-0.05, 0) is 43.4 Å². The van der Waals surface area contributed by atoms with Gasteiger partial charge in [-0.25, -0.2) is 0 Å². The number of nitrogens with zero attached hydrogens (tertiary/aromatic N) is 1. The van der Waals surface area contributed by atoms with Gasteiger partial charge in [-0.15, -0.1) is 0 Å². The van der Waals surface area contributed by atoms with Gasteiger partial charge in [0, 0.05) is 31.3 Å². The monoisotopic (exact) mass is 351 g/mol. The summed E-state index contributed by atoms with van der Waals surface area (Å²) in [6, 6.07) is 7.80. The van der Waals surface area contributed by atoms with Crippen LogP contribution in [0.25, 0.3) is 0 Å². The molecule has 1 amide bonds. The van der Waals surface area contributed by atoms with E-state index in [0.717, 1.165) is 44.3 Å². The molecule has 0 radical (unpaired) electrons. The largest absolute Gasteiger partial charge is 0.381 e. The summed E-state index contributed by atoms with van der Waals surface area (Å²) in [5, 5.41) is 0.706. The Hall–Kier alpha value is -1.06. The van der Waals surface area contributed by atoms with E-state index in [1.807, 2.05) is 24.3 Å². The van der Waals surface area contributed by atoms with Gasteiger partial charge in [-0.2, -0.15) is 0 Å². The van der Waals surface area contributed by atoms with Crippen molar-refractivity contribution >= 4 is 17.5 Å². The Bertz CT molecular complexity index is 519. The molecule has 0 bridgehead atoms. The van der Waals surface area contributed by atoms with Crippen molar-refractivity contribution in [2.45, 2.75) is 51.9 Å². The average molecular weight is 352 g/mol. The SMILES string of the molecule is CCC(CC)CN(CC)C(=O)C1(c2ccc(Cl)cc2)CCOCC1. The minimum atomic E-state index is -0.467. The highest BCUT2D eigenvalue weighted by Crippen LogP contribution is 2.37. The maximum absolute atomic E-state index is 13.5. The number of amides is 1. The van der Waals surface area contributed by atoms with E-state index in [9.17, 15) is 4.79 Å². The molecule has 1 aromatic carbocycles. The van der Waals surface area contributed by atoms with Crippen molar-refractivity contribution < 1.29 is 9.53 Å². The maximum atomic E-state index is 13.5. The first-order chi connectivity index (χ1) is 11.6. The van der Waals surface area contributed by atoms with Gasteiger partial charge >= 0.3 is 0 Å². The molecule has 0 aromatic heterocycles. The van der Waals surface area contributed by atoms with Crippen LogP contribution in [0.15, 0.2) is 24.3 Å². The van der Waals surface area contributed by atoms with Crippen LogP contribution in [0.5, 0.6) is 0 Å². The predicted octanol–water partition coefficient (Wildman–Crippen LogP) is 4.67. The summed E-state index contributed by atoms with van der Waals surface area (Å²) >= 11 is 6.05. The molecule has 4 heteroatoms. The van der Waals surface area contributed by atoms with Crippen molar-refractivity contribution in [3.8, 4) is 0 Å². The van der Waals surface area contributed by atoms with Crippen molar-refractivity contribution in [2.24, 2.45) is 5.92 Å². The van der Waals surface area contributed by atoms with Crippen LogP contribution in [0.1, 0.15) is 52.0 Å². The Balaban J connectivity index is 2.31. The molecule has 1 heterocycles. The van der Waals surface area contributed by atoms with Gasteiger partial charge in [0.1, 0.15) is 0 Å². The van der Waals surface area contributed by atoms with Crippen molar-refractivity contribution in [2.75, 3.05) is 26.3 Å². The van der Waals surface area contributed by atoms with Gasteiger partial charge < -0.3 is 9.64 Å². The summed E-state index contributed by atoms with van der Waals surface area (Å²) < 4.78 is 5.56. The minimum absolute atomic E-state index is 0.252. The van der Waals surface area contributed by atoms with Crippen LogP contribution in [0.3, 0.4) is 0 Å². The van der Waals surface area contributed by atoms with Crippen LogP contribution >= 0.6 is 11.6 Å². The Kier molecular flexibility index (Phi) is 7.12. The molecule has 24 heavy (non-hydrogen) atoms. The third-order valence-corrected chi connectivity index (χ3v) is 5.71. The highest BCUT2D eigenvalue weighted by atomic mass is 35.5. The summed E-state index contributed by atoms with van der Waals surface area (Å²) in [6.07, 6.45) is 3.70. The molecule has 0 aliphatic carbocycles. The maximum Gasteiger partial charge on any atom is 0.233 e. The van der Waals surface area contributed by atoms with Gasteiger partial charge in [0.15, 0.2) is 0 Å². The first-order valence-corrected chi connectivity index (χ1v) is 9.58. The quantitative estimate of drug-likeness (QED) is 0.714. The third-order valence-electron chi connectivity index (χ3n) is 5.45. The van der Waals surface area contributed by atoms with Gasteiger partial charge in [0.2, 0.25) is 5.91 Å². The van der Waals surface area contributed by atoms with E-state index >= 15 is 0 Å². The summed E-state index contributed by atoms with van der Waals surface area (Å²) in [6.45, 7) is 9.36. The van der Waals surface area contributed by atoms with E-state index in [1.165, 1.54) is 0 Å². The summed E-state index contributed by atoms with van der Waals surface area (Å²) in [5.41, 5.74) is 0.605. The van der Waals surface area contributed by atoms with E-state index in [1.54, 1.807) is 0 Å². The molecule has 2 rings (SSSR count). The van der Waals surface area contributed by atoms with Gasteiger partial charge in [-0.3, -0.25) is 4.79 Å². The number of hydrogen-bond donors (Lipinski definition) is 0. The lowest BCUT2D eigenvalue weighted by atomic mass is 9.73. The number of likely N-dealkylation sites (N-methyl/N-ethyl adjacent to an activating group) is 1. The van der Waals surface area contributed by atoms with E-state index in [4.69, 9.17) is 16.3 Å². The molecule has 3 nitrogen and oxygen atoms in total. The number of carbonyl (C=O) groups is 1. The highest BCUT2D eigenvalue weighted by Gasteiger charge is 2.43. The molecule has 1 aromatic rings. The Morgan fingerprint density at radius 2 is 1.75 bits per heavy atom. The topological polar surface area (TPSA) is 29.5 Å². The normalized spacial score (nSPS) is 17.0. The summed E-state index contributed by atoms with van der Waals surface area (Å²) in [5.74, 6) is 0.818. The van der Waals surface area contributed by atoms with Gasteiger partial charge in [0.05, 0.1) is 5.41 Å². The van der Waals surface area contributed by atoms with Crippen LogP contribution in [0, 0.1) is 5.92 Å². The van der Waals surface area contributed by atoms with E-state index in [2.05, 4.69) is 25.7 Å². The molecule has 0 spiro atoms. The zero-order chi connectivity index (χ0) is 17.6. The molecular formula is C20H30ClNO2. The molecule has 0 N–H and O–H groups in total. The fourth-order valence-electron chi connectivity index (χ4n) is 3.63. The van der Waals surface area contributed by atoms with Crippen molar-refractivity contribution in [3.05, 3.63) is 34.9 Å². The lowest BCUT2D eigenvalue weighted by Crippen LogP contribution is -2.51. The van der Waals surface area contributed by atoms with Crippen LogP contribution < -0.4 is 0 Å². The number of ether oxygens (including phenoxy) is 1. The second-order valence-electron chi connectivity index (χ2n) is 6.73. The van der Waals surface area contributed by atoms with E-state index in [0.29, 0.717) is 24.2 Å². The van der Waals surface area contributed by atoms with Crippen LogP contribution in [-0.2, 0) is 14.9 Å². The second-order valence-corrected chi connectivity index (χ2v) is 7.16. The van der Waals surface area contributed by atoms with Gasteiger partial charge in [0.25, 0.3) is 0 Å². The van der Waals surface area contributed by atoms with E-state index < -0.39 is 5.41 Å². The number of hydrogen-bond acceptors (Lipinski definition) is 2. The van der Waals surface area contributed by atoms with Crippen molar-refractivity contribution in [3.63, 3.8) is 0 Å². The molecular weight excluding hydrogens is 322 g/mol. The van der Waals surface area contributed by atoms with Crippen LogP contribution in [0.4, 0.5) is 0 Å². The second kappa shape index (κ2) is 8.87. The molecule has 0 atom stereocenters. The lowest BCUT2D eigenvalue weighted by Gasteiger charge is -2.40. The smallest absolute Gasteiger partial charge is 0.233 e. The lowest BCUT2D eigenvalue weighted by molar-refractivity contribution is -0.141. The zero-order valence-corrected chi connectivity index (χ0v) is 15.9. The fraction of sp³-hybridized carbons (Fsp3) is 0.650. The third kappa shape index (κ3) is 4.12. The molecule has 134 valence electrons. The van der Waals surface area contributed by atoms with E-state index in [-0.39, 0.29) is 5.91 Å². The zero-order valence-electron chi connectivity index (χ0n) is 15.2. The average Bonchev–Trinajstić information content (AvgIpc) is 2.63. The Morgan fingerprint density at radius 1 is 1.17 bits per heavy atom. The molecule has 1 aliphatic heterocycles. The summed E-state index contributed by atoms with van der Waals surface area (Å²) in [4.78, 5) is 15.6. The number of halogens is 1. The standard InChI is InChI=1S/C20H30ClNO2/c1-4-16(5-2)15-22(6-3)19(23)20(11-13-24-14-12-20)17-7-9-18(21)10-8-17/h7-10,16H,4-6,11-15H2,1-3H3. The molecule has 0 unspecified atom stereocenters. The number of rotatable bonds is 7. The first-order valence-electron chi connectivity index (χ1n) is 9.20. The predicted molar refractivity (Wildman–Crippen MR) is 99.5 cm³/mol. The number of benzene rings is 1. The molecule has 1 saturated heterocycles. The molecule has 1 aliphatic rings. The minimum Gasteiger partial charge on any atom is -0.381 e. The fourth-order valence-corrected chi connectivity index (χ4v) is 3.76. The number of carbonyl (C=O) groups excluding carboxylic acids is 1. The molecule has 1 fully saturated rings. The van der Waals surface area contributed by atoms with Crippen molar-refractivity contribution in [1.82, 2.24) is 4.90 Å². The Labute approximate surface area is 151 Å². The van der Waals surface area contributed by atoms with Gasteiger partial charge in [-0.1, -0.05) is 50.4 Å². The first kappa shape index (κ1) is 19.3. The van der Waals surface area contributed by atoms with Crippen molar-refractivity contribution in [1.29, 1.82) is 0 Å². The summed E-state index contributed by atoms with van der Waals surface area (Å²) in [7, 11) is 0. The Morgan fingerprint density at radius 3 is 2.25 bits per heavy atom. The van der Waals surface area contributed by atoms with Crippen LogP contribution in [-0.4, -0.2) is 37.1 Å². The highest BCUT2D eigenvalue weighted by molar-refractivity contribution is 6.30. The molecule has 0 saturated carbocycles. The van der Waals surface area contributed by atoms with Crippen LogP contribution in [0.2, 0.25) is 5.02 Å².